The second-order valence-electron chi connectivity index (χ2n) is 10.5. The molecule has 7 heteroatoms. The summed E-state index contributed by atoms with van der Waals surface area (Å²) in [6.07, 6.45) is 1.20. The van der Waals surface area contributed by atoms with Crippen molar-refractivity contribution in [2.75, 3.05) is 68.8 Å². The molecule has 39 heavy (non-hydrogen) atoms. The van der Waals surface area contributed by atoms with Crippen molar-refractivity contribution in [1.82, 2.24) is 4.90 Å². The van der Waals surface area contributed by atoms with Crippen LogP contribution in [0.4, 0.5) is 11.6 Å². The molecule has 0 bridgehead atoms. The van der Waals surface area contributed by atoms with Crippen molar-refractivity contribution in [3.63, 3.8) is 0 Å². The van der Waals surface area contributed by atoms with E-state index in [0.717, 1.165) is 50.4 Å². The average molecular weight is 540 g/mol. The highest BCUT2D eigenvalue weighted by Gasteiger charge is 2.23. The maximum Gasteiger partial charge on any atom is 0.200 e. The van der Waals surface area contributed by atoms with Gasteiger partial charge in [-0.1, -0.05) is 43.3 Å². The van der Waals surface area contributed by atoms with Crippen molar-refractivity contribution < 1.29 is 9.15 Å². The van der Waals surface area contributed by atoms with Gasteiger partial charge in [0, 0.05) is 82.3 Å². The maximum absolute atomic E-state index is 13.2. The van der Waals surface area contributed by atoms with Crippen LogP contribution in [0.15, 0.2) is 69.9 Å². The summed E-state index contributed by atoms with van der Waals surface area (Å²) in [7, 11) is 0. The Labute approximate surface area is 232 Å². The van der Waals surface area contributed by atoms with E-state index >= 15 is 0 Å². The highest BCUT2D eigenvalue weighted by Crippen LogP contribution is 2.46. The van der Waals surface area contributed by atoms with Crippen molar-refractivity contribution in [3.05, 3.63) is 70.9 Å². The lowest BCUT2D eigenvalue weighted by Crippen LogP contribution is -2.46. The number of morpholine rings is 1. The SMILES string of the molecule is CCCN1CCN(c2ccc(-c3cccc4c(=O)cc(N5CCOCC5)oc34)c3sc4ccccc4c23)CC1. The van der Waals surface area contributed by atoms with Crippen molar-refractivity contribution in [3.8, 4) is 11.1 Å². The van der Waals surface area contributed by atoms with Crippen LogP contribution in [0.25, 0.3) is 42.3 Å². The van der Waals surface area contributed by atoms with Gasteiger partial charge >= 0.3 is 0 Å². The first-order chi connectivity index (χ1) is 19.2. The van der Waals surface area contributed by atoms with Gasteiger partial charge in [0.15, 0.2) is 11.3 Å². The molecule has 2 aliphatic rings. The monoisotopic (exact) mass is 539 g/mol. The molecular formula is C32H33N3O3S. The number of fused-ring (bicyclic) bond motifs is 4. The Bertz CT molecular complexity index is 1710. The summed E-state index contributed by atoms with van der Waals surface area (Å²) in [5, 5.41) is 3.22. The molecule has 0 N–H and O–H groups in total. The van der Waals surface area contributed by atoms with Gasteiger partial charge in [-0.15, -0.1) is 11.3 Å². The molecule has 0 unspecified atom stereocenters. The summed E-state index contributed by atoms with van der Waals surface area (Å²) in [5.74, 6) is 0.623. The Morgan fingerprint density at radius 3 is 2.44 bits per heavy atom. The normalized spacial score (nSPS) is 17.1. The van der Waals surface area contributed by atoms with Gasteiger partial charge in [-0.25, -0.2) is 0 Å². The number of thiophene rings is 1. The quantitative estimate of drug-likeness (QED) is 0.265. The zero-order valence-electron chi connectivity index (χ0n) is 22.3. The van der Waals surface area contributed by atoms with Crippen LogP contribution in [0.2, 0.25) is 0 Å². The number of para-hydroxylation sites is 1. The van der Waals surface area contributed by atoms with Gasteiger partial charge in [0.25, 0.3) is 0 Å². The third-order valence-corrected chi connectivity index (χ3v) is 9.32. The van der Waals surface area contributed by atoms with Gasteiger partial charge in [-0.05, 0) is 31.2 Å². The second kappa shape index (κ2) is 10.3. The third kappa shape index (κ3) is 4.39. The van der Waals surface area contributed by atoms with E-state index in [2.05, 4.69) is 64.1 Å². The smallest absolute Gasteiger partial charge is 0.200 e. The van der Waals surface area contributed by atoms with E-state index in [1.54, 1.807) is 6.07 Å². The number of ether oxygens (including phenoxy) is 1. The lowest BCUT2D eigenvalue weighted by Gasteiger charge is -2.36. The van der Waals surface area contributed by atoms with E-state index in [0.29, 0.717) is 30.1 Å². The maximum atomic E-state index is 13.2. The van der Waals surface area contributed by atoms with E-state index in [-0.39, 0.29) is 5.43 Å². The molecule has 3 aromatic carbocycles. The highest BCUT2D eigenvalue weighted by atomic mass is 32.1. The van der Waals surface area contributed by atoms with E-state index in [9.17, 15) is 4.79 Å². The number of piperazine rings is 1. The molecule has 5 aromatic rings. The first-order valence-electron chi connectivity index (χ1n) is 14.0. The summed E-state index contributed by atoms with van der Waals surface area (Å²) in [6, 6.07) is 20.8. The van der Waals surface area contributed by atoms with Gasteiger partial charge in [0.1, 0.15) is 5.58 Å². The first-order valence-corrected chi connectivity index (χ1v) is 14.8. The van der Waals surface area contributed by atoms with E-state index in [4.69, 9.17) is 9.15 Å². The Morgan fingerprint density at radius 2 is 1.62 bits per heavy atom. The average Bonchev–Trinajstić information content (AvgIpc) is 3.37. The number of benzene rings is 3. The van der Waals surface area contributed by atoms with Crippen LogP contribution in [-0.2, 0) is 4.74 Å². The van der Waals surface area contributed by atoms with E-state index in [1.165, 1.54) is 38.8 Å². The molecular weight excluding hydrogens is 506 g/mol. The third-order valence-electron chi connectivity index (χ3n) is 8.11. The number of nitrogens with zero attached hydrogens (tertiary/aromatic N) is 3. The minimum Gasteiger partial charge on any atom is -0.440 e. The molecule has 0 radical (unpaired) electrons. The van der Waals surface area contributed by atoms with Crippen molar-refractivity contribution in [2.24, 2.45) is 0 Å². The predicted molar refractivity (Wildman–Crippen MR) is 163 cm³/mol. The van der Waals surface area contributed by atoms with Gasteiger partial charge in [-0.2, -0.15) is 0 Å². The lowest BCUT2D eigenvalue weighted by molar-refractivity contribution is 0.121. The van der Waals surface area contributed by atoms with E-state index < -0.39 is 0 Å². The van der Waals surface area contributed by atoms with Crippen molar-refractivity contribution >= 4 is 54.0 Å². The first kappa shape index (κ1) is 24.6. The fourth-order valence-corrected chi connectivity index (χ4v) is 7.38. The van der Waals surface area contributed by atoms with Crippen LogP contribution in [0.3, 0.4) is 0 Å². The summed E-state index contributed by atoms with van der Waals surface area (Å²) < 4.78 is 14.6. The van der Waals surface area contributed by atoms with Gasteiger partial charge < -0.3 is 19.0 Å². The molecule has 0 atom stereocenters. The van der Waals surface area contributed by atoms with Crippen molar-refractivity contribution in [2.45, 2.75) is 13.3 Å². The summed E-state index contributed by atoms with van der Waals surface area (Å²) in [5.41, 5.74) is 4.04. The predicted octanol–water partition coefficient (Wildman–Crippen LogP) is 6.20. The van der Waals surface area contributed by atoms with Gasteiger partial charge in [-0.3, -0.25) is 9.69 Å². The number of hydrogen-bond acceptors (Lipinski definition) is 7. The minimum atomic E-state index is -0.00579. The zero-order valence-corrected chi connectivity index (χ0v) is 23.1. The number of anilines is 2. The highest BCUT2D eigenvalue weighted by molar-refractivity contribution is 7.26. The molecule has 6 nitrogen and oxygen atoms in total. The van der Waals surface area contributed by atoms with Crippen LogP contribution in [0, 0.1) is 0 Å². The largest absolute Gasteiger partial charge is 0.440 e. The topological polar surface area (TPSA) is 49.2 Å². The fourth-order valence-electron chi connectivity index (χ4n) is 6.13. The number of rotatable bonds is 5. The van der Waals surface area contributed by atoms with Crippen LogP contribution in [-0.4, -0.2) is 63.9 Å². The lowest BCUT2D eigenvalue weighted by atomic mass is 9.98. The Hall–Kier alpha value is -3.39. The van der Waals surface area contributed by atoms with Gasteiger partial charge in [0.05, 0.1) is 18.6 Å². The van der Waals surface area contributed by atoms with Crippen LogP contribution >= 0.6 is 11.3 Å². The summed E-state index contributed by atoms with van der Waals surface area (Å²) in [6.45, 7) is 10.4. The summed E-state index contributed by atoms with van der Waals surface area (Å²) >= 11 is 1.83. The summed E-state index contributed by atoms with van der Waals surface area (Å²) in [4.78, 5) is 20.5. The van der Waals surface area contributed by atoms with Gasteiger partial charge in [0.2, 0.25) is 0 Å². The van der Waals surface area contributed by atoms with Crippen LogP contribution < -0.4 is 15.2 Å². The molecule has 2 aliphatic heterocycles. The van der Waals surface area contributed by atoms with Crippen LogP contribution in [0.1, 0.15) is 13.3 Å². The molecule has 2 saturated heterocycles. The fraction of sp³-hybridized carbons (Fsp3) is 0.344. The Morgan fingerprint density at radius 1 is 0.821 bits per heavy atom. The molecule has 0 aliphatic carbocycles. The minimum absolute atomic E-state index is 0.00579. The molecule has 0 amide bonds. The Kier molecular flexibility index (Phi) is 6.51. The molecule has 2 fully saturated rings. The Balaban J connectivity index is 1.40. The van der Waals surface area contributed by atoms with Crippen molar-refractivity contribution in [1.29, 1.82) is 0 Å². The molecule has 0 spiro atoms. The standard InChI is InChI=1S/C32H33N3O3S/c1-2-12-33-13-15-34(16-14-33)26-11-10-23(32-30(26)25-6-3-4-9-28(25)39-32)22-7-5-8-24-27(36)21-29(38-31(22)24)35-17-19-37-20-18-35/h3-11,21H,2,12-20H2,1H3. The molecule has 200 valence electrons. The molecule has 0 saturated carbocycles. The second-order valence-corrected chi connectivity index (χ2v) is 11.5. The molecule has 2 aromatic heterocycles. The zero-order chi connectivity index (χ0) is 26.3. The molecule has 7 rings (SSSR count). The van der Waals surface area contributed by atoms with E-state index in [1.807, 2.05) is 23.5 Å². The number of hydrogen-bond donors (Lipinski definition) is 0. The van der Waals surface area contributed by atoms with Crippen LogP contribution in [0.5, 0.6) is 0 Å². The molecule has 4 heterocycles.